The van der Waals surface area contributed by atoms with Gasteiger partial charge in [-0.1, -0.05) is 49.6 Å². The van der Waals surface area contributed by atoms with E-state index in [9.17, 15) is 31.6 Å². The number of nitrogens with zero attached hydrogens (tertiary/aromatic N) is 3. The highest BCUT2D eigenvalue weighted by Gasteiger charge is 2.38. The number of nitriles is 1. The molecule has 1 saturated carbocycles. The number of thiol groups is 1. The topological polar surface area (TPSA) is 137 Å². The number of anilines is 1. The van der Waals surface area contributed by atoms with Crippen LogP contribution in [0.25, 0.3) is 11.1 Å². The van der Waals surface area contributed by atoms with Crippen LogP contribution in [0.1, 0.15) is 54.7 Å². The summed E-state index contributed by atoms with van der Waals surface area (Å²) in [5.74, 6) is -0.0322. The minimum atomic E-state index is -4.70. The number of hydrogen-bond donors (Lipinski definition) is 4. The van der Waals surface area contributed by atoms with Crippen LogP contribution in [-0.4, -0.2) is 24.4 Å². The summed E-state index contributed by atoms with van der Waals surface area (Å²) < 4.78 is 65.7. The van der Waals surface area contributed by atoms with E-state index in [0.29, 0.717) is 24.1 Å². The van der Waals surface area contributed by atoms with Gasteiger partial charge in [0.1, 0.15) is 6.07 Å². The van der Waals surface area contributed by atoms with Crippen LogP contribution in [0.4, 0.5) is 23.7 Å². The molecule has 0 unspecified atom stereocenters. The van der Waals surface area contributed by atoms with E-state index >= 15 is 0 Å². The van der Waals surface area contributed by atoms with E-state index < -0.39 is 34.2 Å². The number of hydrogen-bond acceptors (Lipinski definition) is 6. The summed E-state index contributed by atoms with van der Waals surface area (Å²) in [6.45, 7) is 0.0252. The van der Waals surface area contributed by atoms with Crippen LogP contribution < -0.4 is 15.4 Å². The third-order valence-corrected chi connectivity index (χ3v) is 6.98. The van der Waals surface area contributed by atoms with E-state index in [0.717, 1.165) is 25.3 Å². The molecule has 0 saturated heterocycles. The lowest BCUT2D eigenvalue weighted by molar-refractivity contribution is -0.137. The summed E-state index contributed by atoms with van der Waals surface area (Å²) in [5, 5.41) is 14.6. The number of amides is 2. The van der Waals surface area contributed by atoms with Gasteiger partial charge >= 0.3 is 12.2 Å². The molecule has 204 valence electrons. The lowest BCUT2D eigenvalue weighted by atomic mass is 9.79. The monoisotopic (exact) mass is 558 g/mol. The van der Waals surface area contributed by atoms with Gasteiger partial charge in [0.05, 0.1) is 16.8 Å². The summed E-state index contributed by atoms with van der Waals surface area (Å²) in [4.78, 5) is 21.2. The zero-order valence-corrected chi connectivity index (χ0v) is 21.5. The lowest BCUT2D eigenvalue weighted by Gasteiger charge is -2.37. The first-order valence-corrected chi connectivity index (χ1v) is 13.3. The van der Waals surface area contributed by atoms with Gasteiger partial charge in [-0.3, -0.25) is 0 Å². The molecule has 13 heteroatoms. The van der Waals surface area contributed by atoms with Crippen LogP contribution in [0.3, 0.4) is 0 Å². The Kier molecular flexibility index (Phi) is 8.47. The van der Waals surface area contributed by atoms with Crippen molar-refractivity contribution >= 4 is 22.6 Å². The second-order valence-corrected chi connectivity index (χ2v) is 9.98. The fourth-order valence-corrected chi connectivity index (χ4v) is 5.04. The summed E-state index contributed by atoms with van der Waals surface area (Å²) in [7, 11) is -2.79. The molecule has 4 rings (SSSR count). The largest absolute Gasteiger partial charge is 0.417 e. The van der Waals surface area contributed by atoms with Crippen LogP contribution in [0.5, 0.6) is 0 Å². The third kappa shape index (κ3) is 6.90. The van der Waals surface area contributed by atoms with Crippen molar-refractivity contribution in [3.63, 3.8) is 0 Å². The molecule has 2 amide bonds. The molecule has 0 atom stereocenters. The summed E-state index contributed by atoms with van der Waals surface area (Å²) in [6.07, 6.45) is 0.446. The van der Waals surface area contributed by atoms with Crippen LogP contribution in [0.2, 0.25) is 0 Å². The number of rotatable bonds is 7. The quantitative estimate of drug-likeness (QED) is 0.312. The maximum absolute atomic E-state index is 14.0. The molecule has 1 aliphatic carbocycles. The molecule has 1 aliphatic rings. The Bertz CT molecular complexity index is 1450. The molecular formula is C26H25F3N6O3S. The number of alkyl halides is 3. The second-order valence-electron chi connectivity index (χ2n) is 9.15. The molecule has 1 heterocycles. The third-order valence-electron chi connectivity index (χ3n) is 6.57. The zero-order valence-electron chi connectivity index (χ0n) is 20.6. The Morgan fingerprint density at radius 1 is 1.05 bits per heavy atom. The van der Waals surface area contributed by atoms with Gasteiger partial charge in [0.15, 0.2) is 0 Å². The molecule has 0 bridgehead atoms. The molecule has 0 radical (unpaired) electrons. The Balaban J connectivity index is 1.57. The van der Waals surface area contributed by atoms with Crippen LogP contribution in [0.15, 0.2) is 54.7 Å². The fourth-order valence-electron chi connectivity index (χ4n) is 4.73. The van der Waals surface area contributed by atoms with Crippen molar-refractivity contribution in [2.24, 2.45) is 0 Å². The van der Waals surface area contributed by atoms with E-state index in [-0.39, 0.29) is 29.2 Å². The van der Waals surface area contributed by atoms with Crippen molar-refractivity contribution in [1.29, 1.82) is 5.26 Å². The number of nitrogens with one attached hydrogen (secondary N) is 3. The number of urea groups is 1. The Labute approximate surface area is 224 Å². The van der Waals surface area contributed by atoms with Gasteiger partial charge in [-0.25, -0.2) is 27.9 Å². The highest BCUT2D eigenvalue weighted by atomic mass is 32.2. The van der Waals surface area contributed by atoms with Crippen molar-refractivity contribution < 1.29 is 26.4 Å². The van der Waals surface area contributed by atoms with Gasteiger partial charge in [0.25, 0.3) is 0 Å². The van der Waals surface area contributed by atoms with Gasteiger partial charge in [-0.2, -0.15) is 18.4 Å². The number of carbonyl (C=O) groups is 1. The van der Waals surface area contributed by atoms with Crippen molar-refractivity contribution in [3.05, 3.63) is 77.4 Å². The highest BCUT2D eigenvalue weighted by Crippen LogP contribution is 2.39. The lowest BCUT2D eigenvalue weighted by Crippen LogP contribution is -2.49. The standard InChI is InChI=1S/C26H25F3N6O3S/c27-26(28,29)21-14-19(8-9-20(21)18-6-4-17(5-7-18)16-32-39(37)38)33-24(36)35-25(11-2-1-3-12-25)22-10-13-31-23(15-30)34-22/h4-10,13-14,39H,1-3,11-12,16H2,(H,32,37,38)(H2,33,35,36). The Morgan fingerprint density at radius 3 is 2.41 bits per heavy atom. The second kappa shape index (κ2) is 11.8. The average Bonchev–Trinajstić information content (AvgIpc) is 2.92. The Morgan fingerprint density at radius 2 is 1.77 bits per heavy atom. The molecular weight excluding hydrogens is 533 g/mol. The molecule has 1 aromatic heterocycles. The van der Waals surface area contributed by atoms with E-state index in [1.54, 1.807) is 6.07 Å². The first kappa shape index (κ1) is 28.0. The van der Waals surface area contributed by atoms with Crippen molar-refractivity contribution in [2.75, 3.05) is 5.32 Å². The van der Waals surface area contributed by atoms with Crippen molar-refractivity contribution in [2.45, 2.75) is 50.4 Å². The maximum atomic E-state index is 14.0. The SMILES string of the molecule is N#Cc1nccc(C2(NC(=O)Nc3ccc(-c4ccc(CN[SH](=O)=O)cc4)c(C(F)(F)F)c3)CCCCC2)n1. The zero-order chi connectivity index (χ0) is 28.0. The van der Waals surface area contributed by atoms with Crippen molar-refractivity contribution in [1.82, 2.24) is 20.0 Å². The van der Waals surface area contributed by atoms with Gasteiger partial charge in [0.2, 0.25) is 16.7 Å². The smallest absolute Gasteiger partial charge is 0.327 e. The van der Waals surface area contributed by atoms with E-state index in [1.165, 1.54) is 42.6 Å². The number of aromatic nitrogens is 2. The molecule has 0 aliphatic heterocycles. The number of benzene rings is 2. The van der Waals surface area contributed by atoms with E-state index in [1.807, 2.05) is 6.07 Å². The van der Waals surface area contributed by atoms with Crippen LogP contribution in [0, 0.1) is 11.3 Å². The van der Waals surface area contributed by atoms with Crippen molar-refractivity contribution in [3.8, 4) is 17.2 Å². The van der Waals surface area contributed by atoms with E-state index in [2.05, 4.69) is 25.3 Å². The molecule has 3 aromatic rings. The first-order chi connectivity index (χ1) is 18.6. The van der Waals surface area contributed by atoms with Crippen LogP contribution >= 0.6 is 0 Å². The summed E-state index contributed by atoms with van der Waals surface area (Å²) in [5.41, 5.74) is -0.589. The minimum Gasteiger partial charge on any atom is -0.327 e. The minimum absolute atomic E-state index is 0.0252. The first-order valence-electron chi connectivity index (χ1n) is 12.1. The summed E-state index contributed by atoms with van der Waals surface area (Å²) in [6, 6.07) is 12.4. The molecule has 9 nitrogen and oxygen atoms in total. The predicted octanol–water partition coefficient (Wildman–Crippen LogP) is 4.63. The average molecular weight is 559 g/mol. The van der Waals surface area contributed by atoms with Gasteiger partial charge in [-0.05, 0) is 47.7 Å². The van der Waals surface area contributed by atoms with Gasteiger partial charge < -0.3 is 10.6 Å². The summed E-state index contributed by atoms with van der Waals surface area (Å²) >= 11 is 0. The number of carbonyl (C=O) groups excluding carboxylic acids is 1. The number of halogens is 3. The van der Waals surface area contributed by atoms with Gasteiger partial charge in [0, 0.05) is 18.4 Å². The predicted molar refractivity (Wildman–Crippen MR) is 138 cm³/mol. The highest BCUT2D eigenvalue weighted by molar-refractivity contribution is 7.70. The molecule has 39 heavy (non-hydrogen) atoms. The fraction of sp³-hybridized carbons (Fsp3) is 0.308. The molecule has 2 aromatic carbocycles. The molecule has 1 fully saturated rings. The normalized spacial score (nSPS) is 14.9. The molecule has 3 N–H and O–H groups in total. The van der Waals surface area contributed by atoms with Gasteiger partial charge in [-0.15, -0.1) is 0 Å². The van der Waals surface area contributed by atoms with E-state index in [4.69, 9.17) is 0 Å². The Hall–Kier alpha value is -4.02. The molecule has 0 spiro atoms. The van der Waals surface area contributed by atoms with Crippen LogP contribution in [-0.2, 0) is 29.2 Å². The maximum Gasteiger partial charge on any atom is 0.417 e.